The fraction of sp³-hybridized carbons (Fsp3) is 0.350. The number of carbonyl (C=O) groups is 1. The highest BCUT2D eigenvalue weighted by molar-refractivity contribution is 5.95. The lowest BCUT2D eigenvalue weighted by Crippen LogP contribution is -2.25. The van der Waals surface area contributed by atoms with Gasteiger partial charge in [0.15, 0.2) is 0 Å². The molecule has 0 unspecified atom stereocenters. The van der Waals surface area contributed by atoms with Gasteiger partial charge in [-0.2, -0.15) is 10.2 Å². The van der Waals surface area contributed by atoms with Crippen molar-refractivity contribution in [2.45, 2.75) is 32.1 Å². The van der Waals surface area contributed by atoms with Gasteiger partial charge in [0, 0.05) is 37.3 Å². The van der Waals surface area contributed by atoms with E-state index in [4.69, 9.17) is 4.74 Å². The molecule has 27 heavy (non-hydrogen) atoms. The molecule has 140 valence electrons. The van der Waals surface area contributed by atoms with Crippen molar-refractivity contribution in [3.63, 3.8) is 0 Å². The zero-order chi connectivity index (χ0) is 19.1. The summed E-state index contributed by atoms with van der Waals surface area (Å²) >= 11 is 0. The molecule has 1 amide bonds. The molecule has 3 aromatic rings. The molecule has 1 aliphatic rings. The van der Waals surface area contributed by atoms with E-state index >= 15 is 0 Å². The first-order valence-electron chi connectivity index (χ1n) is 9.04. The molecular formula is C20H23N5O2. The Hall–Kier alpha value is -3.09. The second-order valence-corrected chi connectivity index (χ2v) is 7.11. The number of fused-ring (bicyclic) bond motifs is 1. The summed E-state index contributed by atoms with van der Waals surface area (Å²) in [6.45, 7) is 4.24. The van der Waals surface area contributed by atoms with Crippen molar-refractivity contribution >= 4 is 11.7 Å². The number of aromatic nitrogens is 4. The highest BCUT2D eigenvalue weighted by Gasteiger charge is 2.35. The number of methoxy groups -OCH3 is 1. The third-order valence-electron chi connectivity index (χ3n) is 5.02. The van der Waals surface area contributed by atoms with Gasteiger partial charge in [-0.05, 0) is 35.7 Å². The van der Waals surface area contributed by atoms with Crippen LogP contribution in [0.2, 0.25) is 0 Å². The summed E-state index contributed by atoms with van der Waals surface area (Å²) in [6.07, 6.45) is 4.01. The van der Waals surface area contributed by atoms with Crippen molar-refractivity contribution in [1.82, 2.24) is 19.6 Å². The predicted molar refractivity (Wildman–Crippen MR) is 103 cm³/mol. The van der Waals surface area contributed by atoms with Gasteiger partial charge >= 0.3 is 0 Å². The second kappa shape index (κ2) is 6.57. The molecule has 1 atom stereocenters. The summed E-state index contributed by atoms with van der Waals surface area (Å²) in [7, 11) is 3.52. The quantitative estimate of drug-likeness (QED) is 0.770. The Morgan fingerprint density at radius 2 is 2.15 bits per heavy atom. The van der Waals surface area contributed by atoms with E-state index in [1.165, 1.54) is 0 Å². The topological polar surface area (TPSA) is 74.0 Å². The number of benzene rings is 1. The molecule has 3 heterocycles. The maximum absolute atomic E-state index is 12.5. The van der Waals surface area contributed by atoms with Crippen LogP contribution in [0.5, 0.6) is 5.75 Å². The average molecular weight is 365 g/mol. The highest BCUT2D eigenvalue weighted by atomic mass is 16.5. The smallest absolute Gasteiger partial charge is 0.226 e. The first-order valence-corrected chi connectivity index (χ1v) is 9.04. The van der Waals surface area contributed by atoms with Gasteiger partial charge in [-0.25, -0.2) is 4.68 Å². The summed E-state index contributed by atoms with van der Waals surface area (Å²) in [5, 5.41) is 12.1. The van der Waals surface area contributed by atoms with E-state index in [1.807, 2.05) is 42.2 Å². The van der Waals surface area contributed by atoms with Crippen molar-refractivity contribution in [1.29, 1.82) is 0 Å². The third kappa shape index (κ3) is 2.89. The van der Waals surface area contributed by atoms with Crippen LogP contribution in [0.3, 0.4) is 0 Å². The van der Waals surface area contributed by atoms with Gasteiger partial charge in [0.1, 0.15) is 11.6 Å². The first kappa shape index (κ1) is 17.3. The average Bonchev–Trinajstić information content (AvgIpc) is 3.29. The number of hydrogen-bond acceptors (Lipinski definition) is 4. The predicted octanol–water partition coefficient (Wildman–Crippen LogP) is 3.21. The lowest BCUT2D eigenvalue weighted by Gasteiger charge is -2.27. The van der Waals surface area contributed by atoms with Gasteiger partial charge in [0.25, 0.3) is 0 Å². The van der Waals surface area contributed by atoms with Gasteiger partial charge < -0.3 is 10.1 Å². The molecule has 1 N–H and O–H groups in total. The molecule has 0 radical (unpaired) electrons. The molecule has 0 spiro atoms. The van der Waals surface area contributed by atoms with Gasteiger partial charge in [-0.3, -0.25) is 9.48 Å². The molecule has 0 saturated carbocycles. The van der Waals surface area contributed by atoms with Gasteiger partial charge in [0.05, 0.1) is 18.5 Å². The van der Waals surface area contributed by atoms with Crippen molar-refractivity contribution in [3.05, 3.63) is 53.5 Å². The van der Waals surface area contributed by atoms with E-state index in [2.05, 4.69) is 29.4 Å². The van der Waals surface area contributed by atoms with Crippen molar-refractivity contribution in [2.75, 3.05) is 12.4 Å². The molecule has 0 fully saturated rings. The number of amides is 1. The Balaban J connectivity index is 1.96. The lowest BCUT2D eigenvalue weighted by atomic mass is 9.83. The van der Waals surface area contributed by atoms with Crippen LogP contribution < -0.4 is 10.1 Å². The summed E-state index contributed by atoms with van der Waals surface area (Å²) in [4.78, 5) is 12.5. The minimum atomic E-state index is -0.117. The number of rotatable bonds is 4. The van der Waals surface area contributed by atoms with E-state index in [0.717, 1.165) is 34.1 Å². The van der Waals surface area contributed by atoms with E-state index < -0.39 is 0 Å². The Morgan fingerprint density at radius 3 is 2.81 bits per heavy atom. The van der Waals surface area contributed by atoms with Crippen LogP contribution >= 0.6 is 0 Å². The number of nitrogens with zero attached hydrogens (tertiary/aromatic N) is 4. The number of ether oxygens (including phenoxy) is 1. The lowest BCUT2D eigenvalue weighted by molar-refractivity contribution is -0.116. The van der Waals surface area contributed by atoms with Crippen LogP contribution in [-0.2, 0) is 11.8 Å². The van der Waals surface area contributed by atoms with E-state index in [-0.39, 0.29) is 17.7 Å². The Kier molecular flexibility index (Phi) is 4.22. The number of nitrogens with one attached hydrogen (secondary N) is 1. The van der Waals surface area contributed by atoms with Crippen LogP contribution in [0.4, 0.5) is 5.82 Å². The maximum atomic E-state index is 12.5. The first-order chi connectivity index (χ1) is 13.0. The molecular weight excluding hydrogens is 342 g/mol. The summed E-state index contributed by atoms with van der Waals surface area (Å²) < 4.78 is 9.06. The van der Waals surface area contributed by atoms with Crippen molar-refractivity contribution < 1.29 is 9.53 Å². The molecule has 7 nitrogen and oxygen atoms in total. The SMILES string of the molecule is COc1ccc(-n2cccn2)c([C@@H]2CC(=O)Nc3c2c(C(C)C)nn3C)c1. The Labute approximate surface area is 157 Å². The highest BCUT2D eigenvalue weighted by Crippen LogP contribution is 2.43. The third-order valence-corrected chi connectivity index (χ3v) is 5.02. The van der Waals surface area contributed by atoms with Crippen LogP contribution in [0.1, 0.15) is 48.9 Å². The molecule has 0 aliphatic carbocycles. The zero-order valence-electron chi connectivity index (χ0n) is 15.9. The zero-order valence-corrected chi connectivity index (χ0v) is 15.9. The molecule has 1 aliphatic heterocycles. The Bertz CT molecular complexity index is 988. The molecule has 0 bridgehead atoms. The minimum Gasteiger partial charge on any atom is -0.497 e. The van der Waals surface area contributed by atoms with Crippen LogP contribution in [-0.4, -0.2) is 32.6 Å². The monoisotopic (exact) mass is 365 g/mol. The minimum absolute atomic E-state index is 0.0139. The number of hydrogen-bond donors (Lipinski definition) is 1. The van der Waals surface area contributed by atoms with E-state index in [0.29, 0.717) is 6.42 Å². The standard InChI is InChI=1S/C20H23N5O2/c1-12(2)19-18-15(11-17(26)22-20(18)24(3)23-19)14-10-13(27-4)6-7-16(14)25-9-5-8-21-25/h5-10,12,15H,11H2,1-4H3,(H,22,26)/t15-/m0/s1. The van der Waals surface area contributed by atoms with Crippen LogP contribution in [0.25, 0.3) is 5.69 Å². The van der Waals surface area contributed by atoms with Gasteiger partial charge in [-0.15, -0.1) is 0 Å². The summed E-state index contributed by atoms with van der Waals surface area (Å²) in [5.41, 5.74) is 4.02. The molecule has 2 aromatic heterocycles. The molecule has 7 heteroatoms. The number of carbonyl (C=O) groups excluding carboxylic acids is 1. The largest absolute Gasteiger partial charge is 0.497 e. The maximum Gasteiger partial charge on any atom is 0.226 e. The fourth-order valence-corrected chi connectivity index (χ4v) is 3.77. The van der Waals surface area contributed by atoms with Gasteiger partial charge in [0.2, 0.25) is 5.91 Å². The molecule has 0 saturated heterocycles. The normalized spacial score (nSPS) is 16.3. The molecule has 1 aromatic carbocycles. The summed E-state index contributed by atoms with van der Waals surface area (Å²) in [5.74, 6) is 1.64. The summed E-state index contributed by atoms with van der Waals surface area (Å²) in [6, 6.07) is 7.79. The number of anilines is 1. The van der Waals surface area contributed by atoms with E-state index in [1.54, 1.807) is 18.0 Å². The second-order valence-electron chi connectivity index (χ2n) is 7.11. The van der Waals surface area contributed by atoms with Crippen molar-refractivity contribution in [2.24, 2.45) is 7.05 Å². The van der Waals surface area contributed by atoms with E-state index in [9.17, 15) is 4.79 Å². The fourth-order valence-electron chi connectivity index (χ4n) is 3.77. The number of aryl methyl sites for hydroxylation is 1. The van der Waals surface area contributed by atoms with Crippen LogP contribution in [0, 0.1) is 0 Å². The Morgan fingerprint density at radius 1 is 1.33 bits per heavy atom. The van der Waals surface area contributed by atoms with Gasteiger partial charge in [-0.1, -0.05) is 13.8 Å². The van der Waals surface area contributed by atoms with Crippen LogP contribution in [0.15, 0.2) is 36.7 Å². The van der Waals surface area contributed by atoms with Crippen molar-refractivity contribution in [3.8, 4) is 11.4 Å². The molecule has 4 rings (SSSR count).